The number of rotatable bonds is 4. The van der Waals surface area contributed by atoms with E-state index in [4.69, 9.17) is 0 Å². The van der Waals surface area contributed by atoms with E-state index in [1.165, 1.54) is 22.9 Å². The molecule has 0 saturated heterocycles. The van der Waals surface area contributed by atoms with Gasteiger partial charge in [0.25, 0.3) is 5.56 Å². The molecule has 0 amide bonds. The summed E-state index contributed by atoms with van der Waals surface area (Å²) in [5, 5.41) is 12.3. The number of aromatic nitrogens is 3. The lowest BCUT2D eigenvalue weighted by molar-refractivity contribution is -0.388. The van der Waals surface area contributed by atoms with Crippen molar-refractivity contribution in [2.24, 2.45) is 0 Å². The average molecular weight is 376 g/mol. The molecule has 8 heteroatoms. The van der Waals surface area contributed by atoms with Gasteiger partial charge in [-0.3, -0.25) is 19.5 Å². The molecular formula is C19H12N4O3S. The number of hydrogen-bond donors (Lipinski definition) is 0. The van der Waals surface area contributed by atoms with Crippen LogP contribution < -0.4 is 5.56 Å². The maximum atomic E-state index is 13.1. The summed E-state index contributed by atoms with van der Waals surface area (Å²) in [6.07, 6.45) is 1.47. The van der Waals surface area contributed by atoms with E-state index in [1.807, 2.05) is 18.2 Å². The van der Waals surface area contributed by atoms with Crippen LogP contribution >= 0.6 is 11.8 Å². The number of hydrogen-bond acceptors (Lipinski definition) is 6. The number of para-hydroxylation sites is 2. The maximum absolute atomic E-state index is 13.1. The highest BCUT2D eigenvalue weighted by Crippen LogP contribution is 2.32. The van der Waals surface area contributed by atoms with E-state index in [1.54, 1.807) is 36.4 Å². The molecule has 0 aliphatic heterocycles. The van der Waals surface area contributed by atoms with Gasteiger partial charge in [-0.1, -0.05) is 30.3 Å². The molecule has 0 fully saturated rings. The van der Waals surface area contributed by atoms with Crippen LogP contribution in [0.4, 0.5) is 5.69 Å². The number of pyridine rings is 1. The van der Waals surface area contributed by atoms with E-state index in [-0.39, 0.29) is 16.3 Å². The summed E-state index contributed by atoms with van der Waals surface area (Å²) in [5.41, 5.74) is 0.773. The average Bonchev–Trinajstić information content (AvgIpc) is 2.69. The summed E-state index contributed by atoms with van der Waals surface area (Å²) in [7, 11) is 0. The fourth-order valence-corrected chi connectivity index (χ4v) is 3.63. The van der Waals surface area contributed by atoms with Crippen molar-refractivity contribution < 1.29 is 4.92 Å². The van der Waals surface area contributed by atoms with Crippen LogP contribution in [-0.4, -0.2) is 19.5 Å². The lowest BCUT2D eigenvalue weighted by Crippen LogP contribution is -2.21. The van der Waals surface area contributed by atoms with Crippen molar-refractivity contribution in [2.75, 3.05) is 0 Å². The van der Waals surface area contributed by atoms with Gasteiger partial charge in [-0.05, 0) is 42.1 Å². The Labute approximate surface area is 157 Å². The van der Waals surface area contributed by atoms with Gasteiger partial charge < -0.3 is 0 Å². The van der Waals surface area contributed by atoms with Gasteiger partial charge in [0.15, 0.2) is 10.2 Å². The molecule has 2 aromatic carbocycles. The normalized spacial score (nSPS) is 10.8. The van der Waals surface area contributed by atoms with Crippen molar-refractivity contribution in [3.63, 3.8) is 0 Å². The summed E-state index contributed by atoms with van der Waals surface area (Å²) in [4.78, 5) is 32.6. The number of fused-ring (bicyclic) bond motifs is 1. The van der Waals surface area contributed by atoms with Gasteiger partial charge in [-0.15, -0.1) is 0 Å². The van der Waals surface area contributed by atoms with Crippen LogP contribution in [0.2, 0.25) is 0 Å². The van der Waals surface area contributed by atoms with E-state index in [2.05, 4.69) is 9.97 Å². The molecular weight excluding hydrogens is 364 g/mol. The first-order chi connectivity index (χ1) is 13.1. The SMILES string of the molecule is O=c1c2ccccc2nc(Sc2ncccc2[N+](=O)[O-])n1-c1ccccc1. The largest absolute Gasteiger partial charge is 0.301 e. The molecule has 2 aromatic heterocycles. The minimum Gasteiger partial charge on any atom is -0.268 e. The number of nitrogens with zero attached hydrogens (tertiary/aromatic N) is 4. The van der Waals surface area contributed by atoms with Crippen molar-refractivity contribution in [3.8, 4) is 5.69 Å². The predicted molar refractivity (Wildman–Crippen MR) is 102 cm³/mol. The van der Waals surface area contributed by atoms with Crippen LogP contribution in [0.15, 0.2) is 87.9 Å². The first-order valence-corrected chi connectivity index (χ1v) is 8.81. The van der Waals surface area contributed by atoms with Gasteiger partial charge >= 0.3 is 5.69 Å². The molecule has 0 aliphatic rings. The first kappa shape index (κ1) is 16.9. The monoisotopic (exact) mass is 376 g/mol. The highest BCUT2D eigenvalue weighted by atomic mass is 32.2. The molecule has 4 rings (SSSR count). The topological polar surface area (TPSA) is 90.9 Å². The maximum Gasteiger partial charge on any atom is 0.301 e. The highest BCUT2D eigenvalue weighted by Gasteiger charge is 2.20. The lowest BCUT2D eigenvalue weighted by Gasteiger charge is -2.12. The van der Waals surface area contributed by atoms with Crippen LogP contribution in [-0.2, 0) is 0 Å². The molecule has 0 unspecified atom stereocenters. The van der Waals surface area contributed by atoms with Gasteiger partial charge in [0.05, 0.1) is 21.5 Å². The van der Waals surface area contributed by atoms with Gasteiger partial charge in [0.1, 0.15) is 0 Å². The van der Waals surface area contributed by atoms with Crippen molar-refractivity contribution in [2.45, 2.75) is 10.2 Å². The summed E-state index contributed by atoms with van der Waals surface area (Å²) in [6.45, 7) is 0. The summed E-state index contributed by atoms with van der Waals surface area (Å²) >= 11 is 0.992. The Hall–Kier alpha value is -3.52. The minimum absolute atomic E-state index is 0.135. The van der Waals surface area contributed by atoms with Crippen LogP contribution in [0.1, 0.15) is 0 Å². The standard InChI is InChI=1S/C19H12N4O3S/c24-18-14-9-4-5-10-15(14)21-19(22(18)13-7-2-1-3-8-13)27-17-16(23(25)26)11-6-12-20-17/h1-12H. The Balaban J connectivity index is 1.97. The predicted octanol–water partition coefficient (Wildman–Crippen LogP) is 3.84. The zero-order valence-electron chi connectivity index (χ0n) is 13.9. The van der Waals surface area contributed by atoms with E-state index in [0.717, 1.165) is 11.8 Å². The molecule has 27 heavy (non-hydrogen) atoms. The molecule has 0 N–H and O–H groups in total. The Morgan fingerprint density at radius 3 is 2.48 bits per heavy atom. The lowest BCUT2D eigenvalue weighted by atomic mass is 10.2. The first-order valence-electron chi connectivity index (χ1n) is 7.99. The van der Waals surface area contributed by atoms with Crippen molar-refractivity contribution in [1.29, 1.82) is 0 Å². The highest BCUT2D eigenvalue weighted by molar-refractivity contribution is 7.99. The molecule has 0 radical (unpaired) electrons. The van der Waals surface area contributed by atoms with Crippen LogP contribution in [0.25, 0.3) is 16.6 Å². The molecule has 0 atom stereocenters. The van der Waals surface area contributed by atoms with E-state index in [9.17, 15) is 14.9 Å². The van der Waals surface area contributed by atoms with E-state index in [0.29, 0.717) is 21.7 Å². The molecule has 7 nitrogen and oxygen atoms in total. The number of benzene rings is 2. The zero-order valence-corrected chi connectivity index (χ0v) is 14.7. The van der Waals surface area contributed by atoms with Crippen molar-refractivity contribution in [1.82, 2.24) is 14.5 Å². The Morgan fingerprint density at radius 2 is 1.70 bits per heavy atom. The van der Waals surface area contributed by atoms with Crippen molar-refractivity contribution >= 4 is 28.4 Å². The zero-order chi connectivity index (χ0) is 18.8. The Morgan fingerprint density at radius 1 is 0.963 bits per heavy atom. The molecule has 0 spiro atoms. The fraction of sp³-hybridized carbons (Fsp3) is 0. The van der Waals surface area contributed by atoms with Crippen LogP contribution in [0.5, 0.6) is 0 Å². The Bertz CT molecular complexity index is 1210. The summed E-state index contributed by atoms with van der Waals surface area (Å²) in [5.74, 6) is 0. The molecule has 0 bridgehead atoms. The molecule has 0 aliphatic carbocycles. The fourth-order valence-electron chi connectivity index (χ4n) is 2.67. The molecule has 132 valence electrons. The van der Waals surface area contributed by atoms with Gasteiger partial charge in [-0.25, -0.2) is 9.97 Å². The molecule has 2 heterocycles. The minimum atomic E-state index is -0.499. The van der Waals surface area contributed by atoms with Gasteiger partial charge in [0, 0.05) is 12.3 Å². The summed E-state index contributed by atoms with van der Waals surface area (Å²) < 4.78 is 1.45. The second-order valence-corrected chi connectivity index (χ2v) is 6.53. The summed E-state index contributed by atoms with van der Waals surface area (Å²) in [6, 6.07) is 18.9. The molecule has 4 aromatic rings. The second-order valence-electron chi connectivity index (χ2n) is 5.57. The second kappa shape index (κ2) is 7.00. The van der Waals surface area contributed by atoms with Crippen LogP contribution in [0, 0.1) is 10.1 Å². The third kappa shape index (κ3) is 3.18. The van der Waals surface area contributed by atoms with Gasteiger partial charge in [-0.2, -0.15) is 0 Å². The quantitative estimate of drug-likeness (QED) is 0.305. The third-order valence-corrected chi connectivity index (χ3v) is 4.86. The van der Waals surface area contributed by atoms with Crippen LogP contribution in [0.3, 0.4) is 0 Å². The number of nitro groups is 1. The van der Waals surface area contributed by atoms with E-state index >= 15 is 0 Å². The Kier molecular flexibility index (Phi) is 4.39. The molecule has 0 saturated carbocycles. The van der Waals surface area contributed by atoms with Crippen molar-refractivity contribution in [3.05, 3.63) is 93.4 Å². The smallest absolute Gasteiger partial charge is 0.268 e. The van der Waals surface area contributed by atoms with Gasteiger partial charge in [0.2, 0.25) is 0 Å². The van der Waals surface area contributed by atoms with E-state index < -0.39 is 4.92 Å². The third-order valence-electron chi connectivity index (χ3n) is 3.90.